The van der Waals surface area contributed by atoms with Crippen molar-refractivity contribution in [2.24, 2.45) is 0 Å². The Balaban J connectivity index is 1.93. The number of hydrogen-bond donors (Lipinski definition) is 1. The quantitative estimate of drug-likeness (QED) is 0.789. The van der Waals surface area contributed by atoms with Crippen molar-refractivity contribution in [3.63, 3.8) is 0 Å². The number of ketones is 1. The van der Waals surface area contributed by atoms with E-state index in [1.54, 1.807) is 37.4 Å². The van der Waals surface area contributed by atoms with Gasteiger partial charge >= 0.3 is 0 Å². The van der Waals surface area contributed by atoms with Gasteiger partial charge in [-0.1, -0.05) is 29.8 Å². The Bertz CT molecular complexity index is 723. The van der Waals surface area contributed by atoms with E-state index < -0.39 is 0 Å². The Hall–Kier alpha value is -2.82. The monoisotopic (exact) mass is 327 g/mol. The molecule has 0 saturated carbocycles. The summed E-state index contributed by atoms with van der Waals surface area (Å²) < 4.78 is 10.3. The number of rotatable bonds is 7. The van der Waals surface area contributed by atoms with Gasteiger partial charge in [0, 0.05) is 24.5 Å². The Kier molecular flexibility index (Phi) is 5.95. The van der Waals surface area contributed by atoms with Gasteiger partial charge in [0.2, 0.25) is 5.91 Å². The summed E-state index contributed by atoms with van der Waals surface area (Å²) in [5.41, 5.74) is 2.26. The third-order valence-electron chi connectivity index (χ3n) is 3.64. The summed E-state index contributed by atoms with van der Waals surface area (Å²) in [6.45, 7) is 1.96. The molecule has 0 unspecified atom stereocenters. The molecule has 0 aromatic heterocycles. The van der Waals surface area contributed by atoms with Crippen LogP contribution in [0, 0.1) is 6.92 Å². The van der Waals surface area contributed by atoms with Crippen LogP contribution in [0.5, 0.6) is 11.5 Å². The lowest BCUT2D eigenvalue weighted by Gasteiger charge is -2.11. The molecule has 5 nitrogen and oxygen atoms in total. The fraction of sp³-hybridized carbons (Fsp3) is 0.263. The summed E-state index contributed by atoms with van der Waals surface area (Å²) in [4.78, 5) is 24.2. The van der Waals surface area contributed by atoms with Crippen molar-refractivity contribution in [3.8, 4) is 11.5 Å². The summed E-state index contributed by atoms with van der Waals surface area (Å²) in [5, 5.41) is 2.76. The normalized spacial score (nSPS) is 10.1. The van der Waals surface area contributed by atoms with Gasteiger partial charge in [0.1, 0.15) is 11.5 Å². The minimum atomic E-state index is -0.237. The van der Waals surface area contributed by atoms with Crippen LogP contribution < -0.4 is 14.8 Å². The first-order valence-corrected chi connectivity index (χ1v) is 7.65. The number of carbonyl (C=O) groups excluding carboxylic acids is 2. The Morgan fingerprint density at radius 3 is 2.29 bits per heavy atom. The molecule has 0 spiro atoms. The van der Waals surface area contributed by atoms with E-state index in [1.165, 1.54) is 7.11 Å². The number of amides is 1. The van der Waals surface area contributed by atoms with Gasteiger partial charge in [-0.3, -0.25) is 9.59 Å². The van der Waals surface area contributed by atoms with E-state index in [0.29, 0.717) is 22.7 Å². The highest BCUT2D eigenvalue weighted by atomic mass is 16.5. The predicted octanol–water partition coefficient (Wildman–Crippen LogP) is 3.61. The number of carbonyl (C=O) groups is 2. The molecule has 0 bridgehead atoms. The molecule has 0 aliphatic rings. The van der Waals surface area contributed by atoms with Gasteiger partial charge in [-0.2, -0.15) is 0 Å². The van der Waals surface area contributed by atoms with E-state index in [4.69, 9.17) is 9.47 Å². The molecular weight excluding hydrogens is 306 g/mol. The SMILES string of the molecule is COc1ccc(NC(=O)CCC(=O)c2ccc(C)cc2)c(OC)c1. The maximum atomic E-state index is 12.1. The third-order valence-corrected chi connectivity index (χ3v) is 3.64. The van der Waals surface area contributed by atoms with Crippen molar-refractivity contribution in [2.75, 3.05) is 19.5 Å². The lowest BCUT2D eigenvalue weighted by molar-refractivity contribution is -0.116. The highest BCUT2D eigenvalue weighted by molar-refractivity contribution is 6.00. The van der Waals surface area contributed by atoms with Crippen molar-refractivity contribution in [2.45, 2.75) is 19.8 Å². The zero-order chi connectivity index (χ0) is 17.5. The van der Waals surface area contributed by atoms with Gasteiger partial charge in [0.15, 0.2) is 5.78 Å². The van der Waals surface area contributed by atoms with Gasteiger partial charge in [-0.25, -0.2) is 0 Å². The summed E-state index contributed by atoms with van der Waals surface area (Å²) in [5.74, 6) is 0.859. The van der Waals surface area contributed by atoms with Crippen LogP contribution in [0.4, 0.5) is 5.69 Å². The molecule has 2 aromatic carbocycles. The molecule has 0 atom stereocenters. The second kappa shape index (κ2) is 8.15. The van der Waals surface area contributed by atoms with Gasteiger partial charge in [0.05, 0.1) is 19.9 Å². The Morgan fingerprint density at radius 2 is 1.67 bits per heavy atom. The zero-order valence-corrected chi connectivity index (χ0v) is 14.1. The van der Waals surface area contributed by atoms with Crippen molar-refractivity contribution in [1.29, 1.82) is 0 Å². The number of nitrogens with one attached hydrogen (secondary N) is 1. The fourth-order valence-electron chi connectivity index (χ4n) is 2.23. The molecular formula is C19H21NO4. The average Bonchev–Trinajstić information content (AvgIpc) is 2.60. The number of Topliss-reactive ketones (excluding diaryl/α,β-unsaturated/α-hetero) is 1. The van der Waals surface area contributed by atoms with Gasteiger partial charge in [-0.05, 0) is 19.1 Å². The molecule has 0 radical (unpaired) electrons. The van der Waals surface area contributed by atoms with Gasteiger partial charge in [-0.15, -0.1) is 0 Å². The molecule has 24 heavy (non-hydrogen) atoms. The fourth-order valence-corrected chi connectivity index (χ4v) is 2.23. The highest BCUT2D eigenvalue weighted by Crippen LogP contribution is 2.29. The standard InChI is InChI=1S/C19H21NO4/c1-13-4-6-14(7-5-13)17(21)10-11-19(22)20-16-9-8-15(23-2)12-18(16)24-3/h4-9,12H,10-11H2,1-3H3,(H,20,22). The highest BCUT2D eigenvalue weighted by Gasteiger charge is 2.12. The van der Waals surface area contributed by atoms with E-state index in [0.717, 1.165) is 5.56 Å². The van der Waals surface area contributed by atoms with E-state index in [1.807, 2.05) is 19.1 Å². The summed E-state index contributed by atoms with van der Waals surface area (Å²) in [6, 6.07) is 12.5. The van der Waals surface area contributed by atoms with Crippen molar-refractivity contribution >= 4 is 17.4 Å². The van der Waals surface area contributed by atoms with Crippen LogP contribution in [0.15, 0.2) is 42.5 Å². The first kappa shape index (κ1) is 17.5. The maximum Gasteiger partial charge on any atom is 0.224 e. The Morgan fingerprint density at radius 1 is 0.958 bits per heavy atom. The molecule has 1 amide bonds. The van der Waals surface area contributed by atoms with Gasteiger partial charge in [0.25, 0.3) is 0 Å². The van der Waals surface area contributed by atoms with Crippen molar-refractivity contribution in [3.05, 3.63) is 53.6 Å². The summed E-state index contributed by atoms with van der Waals surface area (Å²) in [6.07, 6.45) is 0.273. The molecule has 0 aliphatic heterocycles. The lowest BCUT2D eigenvalue weighted by Crippen LogP contribution is -2.14. The molecule has 126 valence electrons. The minimum Gasteiger partial charge on any atom is -0.497 e. The minimum absolute atomic E-state index is 0.0492. The third kappa shape index (κ3) is 4.59. The van der Waals surface area contributed by atoms with Crippen LogP contribution in [-0.4, -0.2) is 25.9 Å². The lowest BCUT2D eigenvalue weighted by atomic mass is 10.0. The van der Waals surface area contributed by atoms with Gasteiger partial charge < -0.3 is 14.8 Å². The van der Waals surface area contributed by atoms with Crippen LogP contribution >= 0.6 is 0 Å². The second-order valence-corrected chi connectivity index (χ2v) is 5.40. The number of ether oxygens (including phenoxy) is 2. The van der Waals surface area contributed by atoms with Crippen LogP contribution in [0.3, 0.4) is 0 Å². The number of benzene rings is 2. The summed E-state index contributed by atoms with van der Waals surface area (Å²) in [7, 11) is 3.08. The van der Waals surface area contributed by atoms with Crippen molar-refractivity contribution < 1.29 is 19.1 Å². The number of hydrogen-bond acceptors (Lipinski definition) is 4. The topological polar surface area (TPSA) is 64.6 Å². The second-order valence-electron chi connectivity index (χ2n) is 5.40. The van der Waals surface area contributed by atoms with Crippen LogP contribution in [0.2, 0.25) is 0 Å². The summed E-state index contributed by atoms with van der Waals surface area (Å²) >= 11 is 0. The first-order chi connectivity index (χ1) is 11.5. The van der Waals surface area contributed by atoms with E-state index in [2.05, 4.69) is 5.32 Å². The molecule has 2 rings (SSSR count). The molecule has 0 aliphatic carbocycles. The Labute approximate surface area is 141 Å². The van der Waals surface area contributed by atoms with E-state index in [-0.39, 0.29) is 24.5 Å². The van der Waals surface area contributed by atoms with Crippen LogP contribution in [0.1, 0.15) is 28.8 Å². The van der Waals surface area contributed by atoms with Crippen LogP contribution in [-0.2, 0) is 4.79 Å². The first-order valence-electron chi connectivity index (χ1n) is 7.65. The van der Waals surface area contributed by atoms with E-state index >= 15 is 0 Å². The molecule has 2 aromatic rings. The molecule has 5 heteroatoms. The molecule has 0 saturated heterocycles. The zero-order valence-electron chi connectivity index (χ0n) is 14.1. The van der Waals surface area contributed by atoms with Crippen LogP contribution in [0.25, 0.3) is 0 Å². The number of aryl methyl sites for hydroxylation is 1. The molecule has 0 fully saturated rings. The number of methoxy groups -OCH3 is 2. The van der Waals surface area contributed by atoms with Crippen molar-refractivity contribution in [1.82, 2.24) is 0 Å². The average molecular weight is 327 g/mol. The van der Waals surface area contributed by atoms with E-state index in [9.17, 15) is 9.59 Å². The smallest absolute Gasteiger partial charge is 0.224 e. The molecule has 0 heterocycles. The largest absolute Gasteiger partial charge is 0.497 e. The maximum absolute atomic E-state index is 12.1. The molecule has 1 N–H and O–H groups in total. The predicted molar refractivity (Wildman–Crippen MR) is 92.9 cm³/mol. The number of anilines is 1.